The van der Waals surface area contributed by atoms with E-state index in [4.69, 9.17) is 4.74 Å². The maximum Gasteiger partial charge on any atom is 0.123 e. The first-order valence-electron chi connectivity index (χ1n) is 6.50. The van der Waals surface area contributed by atoms with Gasteiger partial charge in [0.2, 0.25) is 0 Å². The van der Waals surface area contributed by atoms with Crippen molar-refractivity contribution in [2.75, 3.05) is 6.61 Å². The van der Waals surface area contributed by atoms with Crippen LogP contribution in [0, 0.1) is 5.82 Å². The first-order chi connectivity index (χ1) is 9.31. The molecule has 19 heavy (non-hydrogen) atoms. The molecule has 1 atom stereocenters. The van der Waals surface area contributed by atoms with Crippen molar-refractivity contribution in [1.29, 1.82) is 0 Å². The van der Waals surface area contributed by atoms with Gasteiger partial charge in [0.15, 0.2) is 0 Å². The van der Waals surface area contributed by atoms with Crippen LogP contribution in [0.4, 0.5) is 4.39 Å². The van der Waals surface area contributed by atoms with Crippen molar-refractivity contribution in [2.24, 2.45) is 0 Å². The number of hydrogen-bond acceptors (Lipinski definition) is 2. The highest BCUT2D eigenvalue weighted by Crippen LogP contribution is 2.17. The highest BCUT2D eigenvalue weighted by molar-refractivity contribution is 5.30. The number of ether oxygens (including phenoxy) is 1. The van der Waals surface area contributed by atoms with Crippen molar-refractivity contribution in [3.8, 4) is 5.75 Å². The van der Waals surface area contributed by atoms with Crippen LogP contribution in [0.5, 0.6) is 5.75 Å². The zero-order valence-corrected chi connectivity index (χ0v) is 10.6. The monoisotopic (exact) mass is 257 g/mol. The summed E-state index contributed by atoms with van der Waals surface area (Å²) < 4.78 is 18.5. The van der Waals surface area contributed by atoms with E-state index >= 15 is 0 Å². The molecule has 0 bridgehead atoms. The number of fused-ring (bicyclic) bond motifs is 1. The summed E-state index contributed by atoms with van der Waals surface area (Å²) in [6.45, 7) is 1.48. The van der Waals surface area contributed by atoms with Gasteiger partial charge in [0.25, 0.3) is 0 Å². The molecule has 3 heteroatoms. The summed E-state index contributed by atoms with van der Waals surface area (Å²) in [5.41, 5.74) is 2.74. The maximum absolute atomic E-state index is 12.8. The van der Waals surface area contributed by atoms with Gasteiger partial charge in [0, 0.05) is 12.6 Å². The van der Waals surface area contributed by atoms with Crippen molar-refractivity contribution in [1.82, 2.24) is 5.32 Å². The van der Waals surface area contributed by atoms with Gasteiger partial charge in [-0.15, -0.1) is 0 Å². The predicted molar refractivity (Wildman–Crippen MR) is 72.7 cm³/mol. The van der Waals surface area contributed by atoms with E-state index in [0.717, 1.165) is 13.0 Å². The molecule has 1 N–H and O–H groups in total. The largest absolute Gasteiger partial charge is 0.492 e. The lowest BCUT2D eigenvalue weighted by Crippen LogP contribution is -2.39. The minimum Gasteiger partial charge on any atom is -0.492 e. The third-order valence-electron chi connectivity index (χ3n) is 3.43. The molecule has 2 aromatic carbocycles. The molecule has 0 radical (unpaired) electrons. The molecule has 1 aliphatic rings. The first kappa shape index (κ1) is 12.2. The molecule has 3 rings (SSSR count). The second-order valence-electron chi connectivity index (χ2n) is 4.82. The van der Waals surface area contributed by atoms with Crippen molar-refractivity contribution >= 4 is 0 Å². The third-order valence-corrected chi connectivity index (χ3v) is 3.43. The van der Waals surface area contributed by atoms with E-state index in [-0.39, 0.29) is 5.82 Å². The molecule has 2 nitrogen and oxygen atoms in total. The molecule has 98 valence electrons. The van der Waals surface area contributed by atoms with Gasteiger partial charge in [0.1, 0.15) is 18.2 Å². The lowest BCUT2D eigenvalue weighted by atomic mass is 9.96. The van der Waals surface area contributed by atoms with Gasteiger partial charge in [-0.3, -0.25) is 0 Å². The number of nitrogens with one attached hydrogen (secondary N) is 1. The number of halogens is 1. The quantitative estimate of drug-likeness (QED) is 0.913. The Kier molecular flexibility index (Phi) is 3.47. The van der Waals surface area contributed by atoms with E-state index in [2.05, 4.69) is 29.6 Å². The standard InChI is InChI=1S/C16H16FNO/c17-14-5-7-16(8-6-14)19-11-15-9-12-3-1-2-4-13(12)10-18-15/h1-8,15,18H,9-11H2. The first-order valence-corrected chi connectivity index (χ1v) is 6.50. The highest BCUT2D eigenvalue weighted by Gasteiger charge is 2.17. The summed E-state index contributed by atoms with van der Waals surface area (Å²) >= 11 is 0. The van der Waals surface area contributed by atoms with Crippen molar-refractivity contribution in [3.05, 3.63) is 65.5 Å². The Labute approximate surface area is 112 Å². The van der Waals surface area contributed by atoms with Crippen LogP contribution in [-0.2, 0) is 13.0 Å². The summed E-state index contributed by atoms with van der Waals surface area (Å²) in [5, 5.41) is 3.46. The topological polar surface area (TPSA) is 21.3 Å². The second-order valence-corrected chi connectivity index (χ2v) is 4.82. The van der Waals surface area contributed by atoms with Crippen LogP contribution in [0.3, 0.4) is 0 Å². The van der Waals surface area contributed by atoms with Gasteiger partial charge in [0.05, 0.1) is 0 Å². The Bertz CT molecular complexity index is 553. The molecule has 0 aromatic heterocycles. The smallest absolute Gasteiger partial charge is 0.123 e. The molecule has 0 saturated carbocycles. The molecule has 1 unspecified atom stereocenters. The van der Waals surface area contributed by atoms with Crippen LogP contribution < -0.4 is 10.1 Å². The van der Waals surface area contributed by atoms with Crippen LogP contribution in [0.2, 0.25) is 0 Å². The van der Waals surface area contributed by atoms with Crippen LogP contribution in [0.15, 0.2) is 48.5 Å². The molecule has 1 heterocycles. The predicted octanol–water partition coefficient (Wildman–Crippen LogP) is 2.92. The van der Waals surface area contributed by atoms with Crippen molar-refractivity contribution in [2.45, 2.75) is 19.0 Å². The van der Waals surface area contributed by atoms with Gasteiger partial charge in [-0.25, -0.2) is 4.39 Å². The molecule has 0 saturated heterocycles. The maximum atomic E-state index is 12.8. The average Bonchev–Trinajstić information content (AvgIpc) is 2.46. The minimum absolute atomic E-state index is 0.239. The van der Waals surface area contributed by atoms with Crippen molar-refractivity contribution in [3.63, 3.8) is 0 Å². The van der Waals surface area contributed by atoms with Crippen LogP contribution in [0.25, 0.3) is 0 Å². The van der Waals surface area contributed by atoms with Crippen LogP contribution in [0.1, 0.15) is 11.1 Å². The Morgan fingerprint density at radius 3 is 2.58 bits per heavy atom. The fourth-order valence-corrected chi connectivity index (χ4v) is 2.37. The van der Waals surface area contributed by atoms with E-state index in [0.29, 0.717) is 18.4 Å². The SMILES string of the molecule is Fc1ccc(OCC2Cc3ccccc3CN2)cc1. The van der Waals surface area contributed by atoms with Crippen molar-refractivity contribution < 1.29 is 9.13 Å². The molecule has 0 spiro atoms. The van der Waals surface area contributed by atoms with E-state index < -0.39 is 0 Å². The van der Waals surface area contributed by atoms with Crippen LogP contribution in [-0.4, -0.2) is 12.6 Å². The Hall–Kier alpha value is -1.87. The minimum atomic E-state index is -0.239. The summed E-state index contributed by atoms with van der Waals surface area (Å²) in [4.78, 5) is 0. The van der Waals surface area contributed by atoms with Gasteiger partial charge >= 0.3 is 0 Å². The molecule has 0 aliphatic carbocycles. The normalized spacial score (nSPS) is 17.8. The van der Waals surface area contributed by atoms with Gasteiger partial charge in [-0.2, -0.15) is 0 Å². The Morgan fingerprint density at radius 2 is 1.79 bits per heavy atom. The molecule has 0 fully saturated rings. The lowest BCUT2D eigenvalue weighted by molar-refractivity contribution is 0.256. The summed E-state index contributed by atoms with van der Waals surface area (Å²) in [5.74, 6) is 0.471. The fourth-order valence-electron chi connectivity index (χ4n) is 2.37. The second kappa shape index (κ2) is 5.41. The highest BCUT2D eigenvalue weighted by atomic mass is 19.1. The van der Waals surface area contributed by atoms with Crippen LogP contribution >= 0.6 is 0 Å². The average molecular weight is 257 g/mol. The molecular weight excluding hydrogens is 241 g/mol. The lowest BCUT2D eigenvalue weighted by Gasteiger charge is -2.26. The van der Waals surface area contributed by atoms with E-state index in [1.807, 2.05) is 0 Å². The summed E-state index contributed by atoms with van der Waals surface area (Å²) in [7, 11) is 0. The Morgan fingerprint density at radius 1 is 1.05 bits per heavy atom. The third kappa shape index (κ3) is 2.93. The van der Waals surface area contributed by atoms with E-state index in [1.165, 1.54) is 23.3 Å². The molecular formula is C16H16FNO. The Balaban J connectivity index is 1.59. The number of hydrogen-bond donors (Lipinski definition) is 1. The molecule has 0 amide bonds. The zero-order chi connectivity index (χ0) is 13.1. The summed E-state index contributed by atoms with van der Waals surface area (Å²) in [6, 6.07) is 14.9. The fraction of sp³-hybridized carbons (Fsp3) is 0.250. The van der Waals surface area contributed by atoms with E-state index in [1.54, 1.807) is 12.1 Å². The summed E-state index contributed by atoms with van der Waals surface area (Å²) in [6.07, 6.45) is 0.970. The van der Waals surface area contributed by atoms with Gasteiger partial charge in [-0.05, 0) is 41.8 Å². The molecule has 2 aromatic rings. The van der Waals surface area contributed by atoms with Gasteiger partial charge in [-0.1, -0.05) is 24.3 Å². The molecule has 1 aliphatic heterocycles. The zero-order valence-electron chi connectivity index (χ0n) is 10.6. The van der Waals surface area contributed by atoms with Gasteiger partial charge < -0.3 is 10.1 Å². The number of rotatable bonds is 3. The van der Waals surface area contributed by atoms with E-state index in [9.17, 15) is 4.39 Å². The number of benzene rings is 2.